The van der Waals surface area contributed by atoms with Crippen LogP contribution in [-0.2, 0) is 0 Å². The molecule has 2 unspecified atom stereocenters. The van der Waals surface area contributed by atoms with Crippen LogP contribution < -0.4 is 10.6 Å². The number of nitrogens with one attached hydrogen (secondary N) is 2. The molecule has 0 fully saturated rings. The van der Waals surface area contributed by atoms with Crippen molar-refractivity contribution in [2.24, 2.45) is 0 Å². The minimum Gasteiger partial charge on any atom is -0.381 e. The Morgan fingerprint density at radius 3 is 2.73 bits per heavy atom. The number of hydrogen-bond acceptors (Lipinski definition) is 2. The third kappa shape index (κ3) is 7.03. The topological polar surface area (TPSA) is 24.1 Å². The highest BCUT2D eigenvalue weighted by atomic mass is 19.1. The molecule has 1 rings (SSSR count). The first-order valence-electron chi connectivity index (χ1n) is 9.18. The second-order valence-corrected chi connectivity index (χ2v) is 6.99. The number of alkyl halides is 1. The molecule has 0 aromatic rings. The van der Waals surface area contributed by atoms with Crippen LogP contribution in [0, 0.1) is 0 Å². The molecular weight excluding hydrogens is 330 g/mol. The van der Waals surface area contributed by atoms with Crippen molar-refractivity contribution in [1.82, 2.24) is 10.6 Å². The van der Waals surface area contributed by atoms with Crippen LogP contribution >= 0.6 is 0 Å². The van der Waals surface area contributed by atoms with Gasteiger partial charge in [0.25, 0.3) is 0 Å². The van der Waals surface area contributed by atoms with Gasteiger partial charge < -0.3 is 10.6 Å². The Morgan fingerprint density at radius 2 is 2.15 bits per heavy atom. The maximum Gasteiger partial charge on any atom is 0.132 e. The summed E-state index contributed by atoms with van der Waals surface area (Å²) in [5.41, 5.74) is 1.66. The molecule has 4 heteroatoms. The van der Waals surface area contributed by atoms with Crippen LogP contribution in [0.5, 0.6) is 0 Å². The Morgan fingerprint density at radius 1 is 1.46 bits per heavy atom. The van der Waals surface area contributed by atoms with Gasteiger partial charge in [-0.1, -0.05) is 38.7 Å². The molecule has 26 heavy (non-hydrogen) atoms. The van der Waals surface area contributed by atoms with Gasteiger partial charge >= 0.3 is 0 Å². The molecule has 144 valence electrons. The van der Waals surface area contributed by atoms with Crippen molar-refractivity contribution >= 4 is 0 Å². The van der Waals surface area contributed by atoms with Crippen molar-refractivity contribution in [2.75, 3.05) is 0 Å². The Bertz CT molecular complexity index is 637. The van der Waals surface area contributed by atoms with Crippen molar-refractivity contribution in [3.63, 3.8) is 0 Å². The van der Waals surface area contributed by atoms with Crippen LogP contribution in [0.1, 0.15) is 53.4 Å². The predicted molar refractivity (Wildman–Crippen MR) is 108 cm³/mol. The minimum absolute atomic E-state index is 0.187. The zero-order chi connectivity index (χ0) is 19.7. The van der Waals surface area contributed by atoms with E-state index in [0.717, 1.165) is 42.3 Å². The van der Waals surface area contributed by atoms with E-state index < -0.39 is 11.5 Å². The molecule has 0 aromatic carbocycles. The Kier molecular flexibility index (Phi) is 8.56. The molecular formula is C22H32F2N2. The van der Waals surface area contributed by atoms with E-state index >= 15 is 0 Å². The summed E-state index contributed by atoms with van der Waals surface area (Å²) in [4.78, 5) is 0. The third-order valence-electron chi connectivity index (χ3n) is 4.28. The molecule has 0 amide bonds. The summed E-state index contributed by atoms with van der Waals surface area (Å²) in [5, 5.41) is 6.47. The van der Waals surface area contributed by atoms with Gasteiger partial charge in [0, 0.05) is 29.6 Å². The standard InChI is InChI=1S/C22H32F2N2/c1-7-9-11-16(3)21(10-8-2)25-15-17(4)26-18(5)19-12-13-22(6,24)14-20(19)23/h8,10,12,14-15,18,25-26H,2-3,7,9,11,13H2,1,4-6H3/b17-15+,21-10-. The van der Waals surface area contributed by atoms with Crippen LogP contribution in [0.2, 0.25) is 0 Å². The molecule has 0 saturated carbocycles. The first-order valence-corrected chi connectivity index (χ1v) is 9.18. The number of unbranched alkanes of at least 4 members (excludes halogenated alkanes) is 1. The van der Waals surface area contributed by atoms with Crippen LogP contribution in [0.4, 0.5) is 8.78 Å². The second-order valence-electron chi connectivity index (χ2n) is 6.99. The summed E-state index contributed by atoms with van der Waals surface area (Å²) in [5.74, 6) is -0.498. The average molecular weight is 363 g/mol. The lowest BCUT2D eigenvalue weighted by molar-refractivity contribution is 0.252. The molecule has 0 saturated heterocycles. The molecule has 2 nitrogen and oxygen atoms in total. The normalized spacial score (nSPS) is 22.2. The van der Waals surface area contributed by atoms with Gasteiger partial charge in [0.2, 0.25) is 0 Å². The minimum atomic E-state index is -1.61. The maximum atomic E-state index is 14.1. The monoisotopic (exact) mass is 362 g/mol. The van der Waals surface area contributed by atoms with Gasteiger partial charge in [-0.25, -0.2) is 8.78 Å². The van der Waals surface area contributed by atoms with Crippen molar-refractivity contribution in [1.29, 1.82) is 0 Å². The van der Waals surface area contributed by atoms with E-state index in [4.69, 9.17) is 0 Å². The Labute approximate surface area is 157 Å². The molecule has 0 aliphatic heterocycles. The number of halogens is 2. The molecule has 0 radical (unpaired) electrons. The third-order valence-corrected chi connectivity index (χ3v) is 4.28. The molecule has 2 atom stereocenters. The van der Waals surface area contributed by atoms with E-state index in [-0.39, 0.29) is 12.5 Å². The van der Waals surface area contributed by atoms with E-state index in [2.05, 4.69) is 30.7 Å². The van der Waals surface area contributed by atoms with Crippen molar-refractivity contribution in [2.45, 2.75) is 65.1 Å². The first kappa shape index (κ1) is 21.9. The highest BCUT2D eigenvalue weighted by Crippen LogP contribution is 2.31. The van der Waals surface area contributed by atoms with E-state index in [0.29, 0.717) is 5.57 Å². The van der Waals surface area contributed by atoms with Crippen molar-refractivity contribution in [3.8, 4) is 0 Å². The van der Waals surface area contributed by atoms with E-state index in [1.807, 2.05) is 26.1 Å². The lowest BCUT2D eigenvalue weighted by atomic mass is 9.92. The molecule has 1 aliphatic rings. The number of rotatable bonds is 10. The van der Waals surface area contributed by atoms with Crippen molar-refractivity contribution in [3.05, 3.63) is 72.0 Å². The molecule has 0 bridgehead atoms. The summed E-state index contributed by atoms with van der Waals surface area (Å²) in [6.45, 7) is 15.1. The van der Waals surface area contributed by atoms with Crippen LogP contribution in [0.3, 0.4) is 0 Å². The second kappa shape index (κ2) is 10.1. The molecule has 0 aromatic heterocycles. The van der Waals surface area contributed by atoms with Crippen LogP contribution in [0.25, 0.3) is 0 Å². The van der Waals surface area contributed by atoms with E-state index in [1.165, 1.54) is 6.92 Å². The number of allylic oxidation sites excluding steroid dienone is 6. The van der Waals surface area contributed by atoms with Gasteiger partial charge in [-0.15, -0.1) is 0 Å². The molecule has 0 spiro atoms. The van der Waals surface area contributed by atoms with Gasteiger partial charge in [0.05, 0.1) is 6.04 Å². The summed E-state index contributed by atoms with van der Waals surface area (Å²) in [6.07, 6.45) is 11.4. The zero-order valence-electron chi connectivity index (χ0n) is 16.5. The Hall–Kier alpha value is -2.10. The summed E-state index contributed by atoms with van der Waals surface area (Å²) >= 11 is 0. The SMILES string of the molecule is C=C/C=C(\N/C=C(\C)NC(C)C1=CCC(C)(F)C=C1F)C(=C)CCCC. The van der Waals surface area contributed by atoms with Gasteiger partial charge in [0.1, 0.15) is 11.5 Å². The van der Waals surface area contributed by atoms with Gasteiger partial charge in [-0.3, -0.25) is 0 Å². The fourth-order valence-corrected chi connectivity index (χ4v) is 2.75. The predicted octanol–water partition coefficient (Wildman–Crippen LogP) is 6.14. The first-order chi connectivity index (χ1) is 12.2. The molecule has 1 aliphatic carbocycles. The lowest BCUT2D eigenvalue weighted by Gasteiger charge is -2.25. The van der Waals surface area contributed by atoms with Gasteiger partial charge in [-0.2, -0.15) is 0 Å². The highest BCUT2D eigenvalue weighted by molar-refractivity contribution is 5.37. The summed E-state index contributed by atoms with van der Waals surface area (Å²) < 4.78 is 28.0. The van der Waals surface area contributed by atoms with Crippen LogP contribution in [0.15, 0.2) is 72.0 Å². The Balaban J connectivity index is 2.71. The summed E-state index contributed by atoms with van der Waals surface area (Å²) in [7, 11) is 0. The molecule has 0 heterocycles. The zero-order valence-corrected chi connectivity index (χ0v) is 16.5. The number of hydrogen-bond donors (Lipinski definition) is 2. The van der Waals surface area contributed by atoms with E-state index in [1.54, 1.807) is 12.2 Å². The van der Waals surface area contributed by atoms with Gasteiger partial charge in [-0.05, 0) is 51.3 Å². The fourth-order valence-electron chi connectivity index (χ4n) is 2.75. The quantitative estimate of drug-likeness (QED) is 0.456. The fraction of sp³-hybridized carbons (Fsp3) is 0.455. The maximum absolute atomic E-state index is 14.1. The largest absolute Gasteiger partial charge is 0.381 e. The smallest absolute Gasteiger partial charge is 0.132 e. The molecule has 2 N–H and O–H groups in total. The summed E-state index contributed by atoms with van der Waals surface area (Å²) in [6, 6.07) is -0.254. The van der Waals surface area contributed by atoms with E-state index in [9.17, 15) is 8.78 Å². The lowest BCUT2D eigenvalue weighted by Crippen LogP contribution is -2.30. The van der Waals surface area contributed by atoms with Crippen LogP contribution in [-0.4, -0.2) is 11.7 Å². The highest BCUT2D eigenvalue weighted by Gasteiger charge is 2.27. The van der Waals surface area contributed by atoms with Crippen molar-refractivity contribution < 1.29 is 8.78 Å². The van der Waals surface area contributed by atoms with Gasteiger partial charge in [0.15, 0.2) is 0 Å². The average Bonchev–Trinajstić information content (AvgIpc) is 2.55.